The lowest BCUT2D eigenvalue weighted by molar-refractivity contribution is 0.0226. The van der Waals surface area contributed by atoms with Crippen molar-refractivity contribution in [2.24, 2.45) is 0 Å². The van der Waals surface area contributed by atoms with Crippen LogP contribution in [0.2, 0.25) is 0 Å². The summed E-state index contributed by atoms with van der Waals surface area (Å²) in [6.07, 6.45) is -1.34. The van der Waals surface area contributed by atoms with Crippen LogP contribution in [0.3, 0.4) is 0 Å². The molecule has 2 atom stereocenters. The molecule has 1 saturated heterocycles. The number of rotatable bonds is 4. The van der Waals surface area contributed by atoms with E-state index in [1.54, 1.807) is 32.9 Å². The van der Waals surface area contributed by atoms with Gasteiger partial charge in [-0.05, 0) is 45.0 Å². The molecule has 2 rings (SSSR count). The summed E-state index contributed by atoms with van der Waals surface area (Å²) in [6.45, 7) is 5.70. The number of carbonyl (C=O) groups is 2. The van der Waals surface area contributed by atoms with Crippen molar-refractivity contribution in [1.82, 2.24) is 4.90 Å². The average Bonchev–Trinajstić information content (AvgIpc) is 2.85. The molecule has 1 heterocycles. The van der Waals surface area contributed by atoms with Gasteiger partial charge in [0.2, 0.25) is 0 Å². The molecule has 0 radical (unpaired) electrons. The highest BCUT2D eigenvalue weighted by atomic mass is 19.1. The van der Waals surface area contributed by atoms with Crippen LogP contribution in [0.15, 0.2) is 24.3 Å². The van der Waals surface area contributed by atoms with Crippen LogP contribution in [0.1, 0.15) is 37.6 Å². The normalized spacial score (nSPS) is 20.8. The summed E-state index contributed by atoms with van der Waals surface area (Å²) in [7, 11) is 0. The Hall–Kier alpha value is -2.31. The summed E-state index contributed by atoms with van der Waals surface area (Å²) in [6, 6.07) is 5.95. The maximum absolute atomic E-state index is 13.7. The highest BCUT2D eigenvalue weighted by Gasteiger charge is 2.37. The molecule has 2 N–H and O–H groups in total. The number of carboxylic acid groups (broad SMARTS) is 1. The van der Waals surface area contributed by atoms with Crippen LogP contribution < -0.4 is 5.32 Å². The van der Waals surface area contributed by atoms with Crippen LogP contribution >= 0.6 is 0 Å². The predicted molar refractivity (Wildman–Crippen MR) is 88.1 cm³/mol. The van der Waals surface area contributed by atoms with Gasteiger partial charge in [-0.1, -0.05) is 0 Å². The van der Waals surface area contributed by atoms with Crippen molar-refractivity contribution < 1.29 is 23.8 Å². The van der Waals surface area contributed by atoms with E-state index in [2.05, 4.69) is 5.32 Å². The molecule has 1 aromatic carbocycles. The van der Waals surface area contributed by atoms with Gasteiger partial charge in [0.1, 0.15) is 11.8 Å². The second-order valence-electron chi connectivity index (χ2n) is 6.88. The monoisotopic (exact) mass is 338 g/mol. The van der Waals surface area contributed by atoms with Crippen LogP contribution in [-0.2, 0) is 4.74 Å². The lowest BCUT2D eigenvalue weighted by Crippen LogP contribution is -2.42. The number of amides is 1. The van der Waals surface area contributed by atoms with Crippen molar-refractivity contribution in [3.8, 4) is 0 Å². The molecule has 6 nitrogen and oxygen atoms in total. The number of carboxylic acids is 1. The zero-order chi connectivity index (χ0) is 17.9. The van der Waals surface area contributed by atoms with Crippen molar-refractivity contribution in [3.05, 3.63) is 29.8 Å². The van der Waals surface area contributed by atoms with E-state index in [1.165, 1.54) is 17.0 Å². The van der Waals surface area contributed by atoms with Crippen LogP contribution in [0.4, 0.5) is 14.9 Å². The maximum Gasteiger partial charge on any atom is 0.410 e. The lowest BCUT2D eigenvalue weighted by atomic mass is 10.2. The zero-order valence-corrected chi connectivity index (χ0v) is 14.1. The Morgan fingerprint density at radius 2 is 1.96 bits per heavy atom. The Kier molecular flexibility index (Phi) is 5.31. The predicted octanol–water partition coefficient (Wildman–Crippen LogP) is 3.14. The second-order valence-corrected chi connectivity index (χ2v) is 6.88. The third kappa shape index (κ3) is 4.84. The number of likely N-dealkylation sites (tertiary alicyclic amines) is 1. The Morgan fingerprint density at radius 1 is 1.33 bits per heavy atom. The van der Waals surface area contributed by atoms with E-state index in [1.807, 2.05) is 0 Å². The van der Waals surface area contributed by atoms with E-state index in [0.29, 0.717) is 12.2 Å². The standard InChI is InChI=1S/C17H23FN2O4/c1-17(2,3)24-16(23)20-10-12(18)8-14(20)9-19-13-6-4-11(5-7-13)15(21)22/h4-7,12,14,19H,8-10H2,1-3H3,(H,21,22). The SMILES string of the molecule is CC(C)(C)OC(=O)N1CC(F)CC1CNc1ccc(C(=O)O)cc1. The smallest absolute Gasteiger partial charge is 0.410 e. The molecule has 24 heavy (non-hydrogen) atoms. The molecule has 1 aliphatic rings. The first-order valence-corrected chi connectivity index (χ1v) is 7.86. The minimum Gasteiger partial charge on any atom is -0.478 e. The molecule has 1 amide bonds. The summed E-state index contributed by atoms with van der Waals surface area (Å²) in [5.74, 6) is -0.992. The maximum atomic E-state index is 13.7. The number of ether oxygens (including phenoxy) is 1. The third-order valence-electron chi connectivity index (χ3n) is 3.67. The van der Waals surface area contributed by atoms with E-state index in [0.717, 1.165) is 0 Å². The fraction of sp³-hybridized carbons (Fsp3) is 0.529. The number of anilines is 1. The lowest BCUT2D eigenvalue weighted by Gasteiger charge is -2.28. The van der Waals surface area contributed by atoms with Gasteiger partial charge in [-0.3, -0.25) is 0 Å². The van der Waals surface area contributed by atoms with E-state index in [-0.39, 0.29) is 24.6 Å². The van der Waals surface area contributed by atoms with E-state index in [4.69, 9.17) is 9.84 Å². The first-order valence-electron chi connectivity index (χ1n) is 7.86. The highest BCUT2D eigenvalue weighted by molar-refractivity contribution is 5.88. The van der Waals surface area contributed by atoms with Crippen molar-refractivity contribution in [2.75, 3.05) is 18.4 Å². The molecule has 1 aliphatic heterocycles. The Morgan fingerprint density at radius 3 is 2.50 bits per heavy atom. The quantitative estimate of drug-likeness (QED) is 0.882. The molecule has 132 valence electrons. The first kappa shape index (κ1) is 18.0. The topological polar surface area (TPSA) is 78.9 Å². The number of aromatic carboxylic acids is 1. The van der Waals surface area contributed by atoms with E-state index < -0.39 is 23.8 Å². The van der Waals surface area contributed by atoms with Crippen molar-refractivity contribution in [3.63, 3.8) is 0 Å². The second kappa shape index (κ2) is 7.07. The van der Waals surface area contributed by atoms with Gasteiger partial charge in [-0.2, -0.15) is 0 Å². The van der Waals surface area contributed by atoms with Gasteiger partial charge in [-0.25, -0.2) is 14.0 Å². The molecule has 0 saturated carbocycles. The number of nitrogens with zero attached hydrogens (tertiary/aromatic N) is 1. The van der Waals surface area contributed by atoms with Gasteiger partial charge >= 0.3 is 12.1 Å². The molecule has 7 heteroatoms. The van der Waals surface area contributed by atoms with Crippen molar-refractivity contribution in [2.45, 2.75) is 45.0 Å². The Balaban J connectivity index is 1.96. The number of hydrogen-bond donors (Lipinski definition) is 2. The number of carbonyl (C=O) groups excluding carboxylic acids is 1. The van der Waals surface area contributed by atoms with Gasteiger partial charge < -0.3 is 20.1 Å². The average molecular weight is 338 g/mol. The van der Waals surface area contributed by atoms with Gasteiger partial charge in [0.15, 0.2) is 0 Å². The van der Waals surface area contributed by atoms with Gasteiger partial charge in [0.25, 0.3) is 0 Å². The summed E-state index contributed by atoms with van der Waals surface area (Å²) in [5, 5.41) is 12.0. The first-order chi connectivity index (χ1) is 11.2. The van der Waals surface area contributed by atoms with Gasteiger partial charge in [0, 0.05) is 18.7 Å². The molecule has 2 unspecified atom stereocenters. The number of nitrogens with one attached hydrogen (secondary N) is 1. The van der Waals surface area contributed by atoms with E-state index in [9.17, 15) is 14.0 Å². The van der Waals surface area contributed by atoms with Crippen molar-refractivity contribution >= 4 is 17.7 Å². The summed E-state index contributed by atoms with van der Waals surface area (Å²) < 4.78 is 19.1. The molecule has 0 bridgehead atoms. The van der Waals surface area contributed by atoms with Crippen molar-refractivity contribution in [1.29, 1.82) is 0 Å². The molecule has 1 fully saturated rings. The molecule has 0 aliphatic carbocycles. The Bertz CT molecular complexity index is 598. The number of hydrogen-bond acceptors (Lipinski definition) is 4. The Labute approximate surface area is 140 Å². The zero-order valence-electron chi connectivity index (χ0n) is 14.1. The summed E-state index contributed by atoms with van der Waals surface area (Å²) in [4.78, 5) is 24.4. The minimum atomic E-state index is -1.07. The molecule has 0 spiro atoms. The van der Waals surface area contributed by atoms with Crippen LogP contribution in [0.25, 0.3) is 0 Å². The molecule has 1 aromatic rings. The fourth-order valence-corrected chi connectivity index (χ4v) is 2.56. The van der Waals surface area contributed by atoms with Crippen LogP contribution in [0.5, 0.6) is 0 Å². The van der Waals surface area contributed by atoms with Gasteiger partial charge in [-0.15, -0.1) is 0 Å². The summed E-state index contributed by atoms with van der Waals surface area (Å²) >= 11 is 0. The largest absolute Gasteiger partial charge is 0.478 e. The molecular weight excluding hydrogens is 315 g/mol. The summed E-state index contributed by atoms with van der Waals surface area (Å²) in [5.41, 5.74) is 0.280. The molecular formula is C17H23FN2O4. The number of halogens is 1. The molecule has 0 aromatic heterocycles. The van der Waals surface area contributed by atoms with Gasteiger partial charge in [0.05, 0.1) is 18.2 Å². The van der Waals surface area contributed by atoms with Crippen LogP contribution in [-0.4, -0.2) is 53.0 Å². The highest BCUT2D eigenvalue weighted by Crippen LogP contribution is 2.23. The fourth-order valence-electron chi connectivity index (χ4n) is 2.56. The number of alkyl halides is 1. The number of benzene rings is 1. The van der Waals surface area contributed by atoms with Crippen LogP contribution in [0, 0.1) is 0 Å². The van der Waals surface area contributed by atoms with E-state index >= 15 is 0 Å². The third-order valence-corrected chi connectivity index (χ3v) is 3.67. The minimum absolute atomic E-state index is 0.0270.